The summed E-state index contributed by atoms with van der Waals surface area (Å²) in [6, 6.07) is 0. The Labute approximate surface area is 160 Å². The van der Waals surface area contributed by atoms with E-state index in [0.29, 0.717) is 13.0 Å². The molecular formula is C19H29N7O. The molecule has 2 saturated heterocycles. The third kappa shape index (κ3) is 4.21. The molecule has 0 aliphatic carbocycles. The van der Waals surface area contributed by atoms with E-state index >= 15 is 0 Å². The molecule has 8 nitrogen and oxygen atoms in total. The number of rotatable bonds is 6. The highest BCUT2D eigenvalue weighted by atomic mass is 16.2. The average molecular weight is 371 g/mol. The number of aryl methyl sites for hydroxylation is 1. The Morgan fingerprint density at radius 2 is 2.04 bits per heavy atom. The van der Waals surface area contributed by atoms with Gasteiger partial charge in [0.15, 0.2) is 0 Å². The Morgan fingerprint density at radius 3 is 2.81 bits per heavy atom. The maximum absolute atomic E-state index is 12.6. The van der Waals surface area contributed by atoms with Gasteiger partial charge < -0.3 is 14.0 Å². The molecule has 2 aromatic heterocycles. The zero-order valence-corrected chi connectivity index (χ0v) is 16.1. The van der Waals surface area contributed by atoms with Gasteiger partial charge in [-0.3, -0.25) is 9.69 Å². The van der Waals surface area contributed by atoms with E-state index in [2.05, 4.69) is 31.7 Å². The van der Waals surface area contributed by atoms with Crippen LogP contribution < -0.4 is 0 Å². The van der Waals surface area contributed by atoms with Crippen LogP contribution in [-0.4, -0.2) is 66.2 Å². The van der Waals surface area contributed by atoms with Crippen molar-refractivity contribution in [1.82, 2.24) is 34.1 Å². The van der Waals surface area contributed by atoms with Gasteiger partial charge in [0.25, 0.3) is 0 Å². The molecule has 2 fully saturated rings. The first kappa shape index (κ1) is 18.2. The quantitative estimate of drug-likeness (QED) is 0.768. The molecule has 2 aliphatic rings. The highest BCUT2D eigenvalue weighted by Crippen LogP contribution is 2.26. The van der Waals surface area contributed by atoms with Crippen molar-refractivity contribution in [2.75, 3.05) is 26.2 Å². The molecule has 4 heterocycles. The minimum atomic E-state index is 0.216. The number of carbonyl (C=O) groups is 1. The molecule has 0 unspecified atom stereocenters. The monoisotopic (exact) mass is 371 g/mol. The van der Waals surface area contributed by atoms with Crippen LogP contribution in [0.5, 0.6) is 0 Å². The van der Waals surface area contributed by atoms with Crippen molar-refractivity contribution in [3.8, 4) is 0 Å². The van der Waals surface area contributed by atoms with Gasteiger partial charge in [0.1, 0.15) is 11.6 Å². The van der Waals surface area contributed by atoms with Crippen molar-refractivity contribution in [2.24, 2.45) is 7.05 Å². The van der Waals surface area contributed by atoms with Crippen LogP contribution in [0.15, 0.2) is 18.7 Å². The lowest BCUT2D eigenvalue weighted by Crippen LogP contribution is -2.40. The van der Waals surface area contributed by atoms with E-state index in [1.165, 1.54) is 12.8 Å². The highest BCUT2D eigenvalue weighted by molar-refractivity contribution is 5.76. The molecule has 27 heavy (non-hydrogen) atoms. The molecule has 0 radical (unpaired) electrons. The highest BCUT2D eigenvalue weighted by Gasteiger charge is 2.28. The maximum Gasteiger partial charge on any atom is 0.224 e. The number of piperidine rings is 1. The third-order valence-electron chi connectivity index (χ3n) is 5.84. The van der Waals surface area contributed by atoms with E-state index in [1.807, 2.05) is 15.7 Å². The van der Waals surface area contributed by atoms with E-state index in [0.717, 1.165) is 57.2 Å². The molecule has 0 spiro atoms. The molecule has 2 aliphatic heterocycles. The predicted octanol–water partition coefficient (Wildman–Crippen LogP) is 1.40. The fourth-order valence-electron chi connectivity index (χ4n) is 4.23. The fourth-order valence-corrected chi connectivity index (χ4v) is 4.23. The molecule has 8 heteroatoms. The molecular weight excluding hydrogens is 342 g/mol. The van der Waals surface area contributed by atoms with Crippen LogP contribution >= 0.6 is 0 Å². The number of likely N-dealkylation sites (tertiary alicyclic amines) is 2. The average Bonchev–Trinajstić information content (AvgIpc) is 3.44. The lowest BCUT2D eigenvalue weighted by molar-refractivity contribution is -0.132. The first-order valence-corrected chi connectivity index (χ1v) is 10.0. The van der Waals surface area contributed by atoms with Gasteiger partial charge in [-0.15, -0.1) is 10.2 Å². The number of amides is 1. The maximum atomic E-state index is 12.6. The number of imidazole rings is 1. The van der Waals surface area contributed by atoms with Gasteiger partial charge in [0.2, 0.25) is 5.91 Å². The van der Waals surface area contributed by atoms with Crippen molar-refractivity contribution in [3.05, 3.63) is 30.4 Å². The largest absolute Gasteiger partial charge is 0.342 e. The Morgan fingerprint density at radius 1 is 1.19 bits per heavy atom. The summed E-state index contributed by atoms with van der Waals surface area (Å²) in [5, 5.41) is 8.95. The molecule has 1 atom stereocenters. The second kappa shape index (κ2) is 8.21. The Hall–Kier alpha value is -2.22. The van der Waals surface area contributed by atoms with Gasteiger partial charge in [0.05, 0.1) is 12.9 Å². The van der Waals surface area contributed by atoms with Crippen molar-refractivity contribution < 1.29 is 4.79 Å². The minimum Gasteiger partial charge on any atom is -0.342 e. The number of hydrogen-bond donors (Lipinski definition) is 0. The molecule has 1 amide bonds. The van der Waals surface area contributed by atoms with Crippen molar-refractivity contribution in [2.45, 2.75) is 51.1 Å². The second-order valence-corrected chi connectivity index (χ2v) is 7.75. The summed E-state index contributed by atoms with van der Waals surface area (Å²) in [5.74, 6) is 2.56. The summed E-state index contributed by atoms with van der Waals surface area (Å²) >= 11 is 0. The van der Waals surface area contributed by atoms with Crippen LogP contribution in [0, 0.1) is 0 Å². The van der Waals surface area contributed by atoms with E-state index in [4.69, 9.17) is 0 Å². The molecule has 0 bridgehead atoms. The van der Waals surface area contributed by atoms with Gasteiger partial charge in [-0.2, -0.15) is 0 Å². The SMILES string of the molecule is Cn1c(CN2CCCC2)nnc1[C@H]1CCCN(C(=O)CCn2ccnc2)C1. The first-order chi connectivity index (χ1) is 13.2. The molecule has 0 saturated carbocycles. The lowest BCUT2D eigenvalue weighted by Gasteiger charge is -2.32. The number of carbonyl (C=O) groups excluding carboxylic acids is 1. The first-order valence-electron chi connectivity index (χ1n) is 10.0. The summed E-state index contributed by atoms with van der Waals surface area (Å²) < 4.78 is 4.11. The van der Waals surface area contributed by atoms with Gasteiger partial charge in [0, 0.05) is 51.4 Å². The van der Waals surface area contributed by atoms with E-state index in [9.17, 15) is 4.79 Å². The topological polar surface area (TPSA) is 72.1 Å². The van der Waals surface area contributed by atoms with Gasteiger partial charge >= 0.3 is 0 Å². The zero-order chi connectivity index (χ0) is 18.6. The molecule has 4 rings (SSSR count). The van der Waals surface area contributed by atoms with Crippen LogP contribution in [0.25, 0.3) is 0 Å². The van der Waals surface area contributed by atoms with Gasteiger partial charge in [-0.05, 0) is 38.8 Å². The number of nitrogens with zero attached hydrogens (tertiary/aromatic N) is 7. The predicted molar refractivity (Wildman–Crippen MR) is 101 cm³/mol. The summed E-state index contributed by atoms with van der Waals surface area (Å²) in [5.41, 5.74) is 0. The fraction of sp³-hybridized carbons (Fsp3) is 0.684. The summed E-state index contributed by atoms with van der Waals surface area (Å²) in [7, 11) is 2.07. The number of hydrogen-bond acceptors (Lipinski definition) is 5. The van der Waals surface area contributed by atoms with Crippen LogP contribution in [0.1, 0.15) is 49.7 Å². The number of aromatic nitrogens is 5. The van der Waals surface area contributed by atoms with Crippen molar-refractivity contribution in [1.29, 1.82) is 0 Å². The van der Waals surface area contributed by atoms with Crippen LogP contribution in [0.4, 0.5) is 0 Å². The minimum absolute atomic E-state index is 0.216. The Kier molecular flexibility index (Phi) is 5.52. The van der Waals surface area contributed by atoms with E-state index < -0.39 is 0 Å². The van der Waals surface area contributed by atoms with Crippen molar-refractivity contribution >= 4 is 5.91 Å². The smallest absolute Gasteiger partial charge is 0.224 e. The van der Waals surface area contributed by atoms with Crippen molar-refractivity contribution in [3.63, 3.8) is 0 Å². The Balaban J connectivity index is 1.36. The third-order valence-corrected chi connectivity index (χ3v) is 5.84. The van der Waals surface area contributed by atoms with Crippen LogP contribution in [0.3, 0.4) is 0 Å². The Bertz CT molecular complexity index is 748. The zero-order valence-electron chi connectivity index (χ0n) is 16.1. The van der Waals surface area contributed by atoms with E-state index in [-0.39, 0.29) is 11.8 Å². The lowest BCUT2D eigenvalue weighted by atomic mass is 9.97. The molecule has 0 N–H and O–H groups in total. The molecule has 0 aromatic carbocycles. The second-order valence-electron chi connectivity index (χ2n) is 7.75. The summed E-state index contributed by atoms with van der Waals surface area (Å²) in [6.07, 6.45) is 10.6. The van der Waals surface area contributed by atoms with Crippen LogP contribution in [-0.2, 0) is 24.9 Å². The standard InChI is InChI=1S/C19H29N7O/c1-23-17(14-24-8-2-3-9-24)21-22-19(23)16-5-4-10-26(13-16)18(27)6-11-25-12-7-20-15-25/h7,12,15-16H,2-6,8-11,13-14H2,1H3/t16-/m0/s1. The van der Waals surface area contributed by atoms with Gasteiger partial charge in [-0.1, -0.05) is 0 Å². The normalized spacial score (nSPS) is 21.1. The summed E-state index contributed by atoms with van der Waals surface area (Å²) in [4.78, 5) is 21.1. The van der Waals surface area contributed by atoms with Gasteiger partial charge in [-0.25, -0.2) is 4.98 Å². The van der Waals surface area contributed by atoms with E-state index in [1.54, 1.807) is 12.5 Å². The van der Waals surface area contributed by atoms with Crippen LogP contribution in [0.2, 0.25) is 0 Å². The molecule has 146 valence electrons. The summed E-state index contributed by atoms with van der Waals surface area (Å²) in [6.45, 7) is 5.47. The molecule has 2 aromatic rings.